The summed E-state index contributed by atoms with van der Waals surface area (Å²) < 4.78 is 7.29. The van der Waals surface area contributed by atoms with Gasteiger partial charge in [0.05, 0.1) is 0 Å². The second-order valence-corrected chi connectivity index (χ2v) is 7.59. The number of nitrogens with one attached hydrogen (secondary N) is 3. The van der Waals surface area contributed by atoms with Crippen LogP contribution in [0.4, 0.5) is 4.79 Å². The largest absolute Gasteiger partial charge is 0.444 e. The van der Waals surface area contributed by atoms with Crippen molar-refractivity contribution in [3.63, 3.8) is 0 Å². The van der Waals surface area contributed by atoms with E-state index in [4.69, 9.17) is 4.74 Å². The van der Waals surface area contributed by atoms with Crippen LogP contribution in [0, 0.1) is 0 Å². The number of unbranched alkanes of at least 4 members (excludes halogenated alkanes) is 1. The molecule has 1 unspecified atom stereocenters. The topological polar surface area (TPSA) is 105 Å². The van der Waals surface area contributed by atoms with Gasteiger partial charge in [0, 0.05) is 25.7 Å². The van der Waals surface area contributed by atoms with Gasteiger partial charge >= 0.3 is 6.09 Å². The normalized spacial score (nSPS) is 12.7. The Morgan fingerprint density at radius 1 is 1.28 bits per heavy atom. The molecule has 0 aliphatic carbocycles. The van der Waals surface area contributed by atoms with Gasteiger partial charge in [-0.25, -0.2) is 9.79 Å². The van der Waals surface area contributed by atoms with Crippen LogP contribution < -0.4 is 16.0 Å². The van der Waals surface area contributed by atoms with Crippen molar-refractivity contribution in [1.82, 2.24) is 30.7 Å². The van der Waals surface area contributed by atoms with Gasteiger partial charge < -0.3 is 25.3 Å². The van der Waals surface area contributed by atoms with E-state index in [0.717, 1.165) is 38.2 Å². The van der Waals surface area contributed by atoms with Gasteiger partial charge in [-0.05, 0) is 41.0 Å². The van der Waals surface area contributed by atoms with E-state index in [1.807, 2.05) is 39.2 Å². The molecule has 10 heteroatoms. The molecule has 1 atom stereocenters. The molecule has 1 heterocycles. The highest BCUT2D eigenvalue weighted by atomic mass is 127. The lowest BCUT2D eigenvalue weighted by Gasteiger charge is -2.24. The minimum Gasteiger partial charge on any atom is -0.444 e. The van der Waals surface area contributed by atoms with Crippen LogP contribution in [0.15, 0.2) is 11.3 Å². The number of hydrogen-bond acceptors (Lipinski definition) is 5. The number of aliphatic imine (C=N–C) groups is 1. The van der Waals surface area contributed by atoms with Crippen molar-refractivity contribution in [2.24, 2.45) is 4.99 Å². The number of rotatable bonds is 10. The molecular formula is C19H38IN7O2. The van der Waals surface area contributed by atoms with E-state index in [1.54, 1.807) is 6.33 Å². The number of aromatic nitrogens is 3. The Morgan fingerprint density at radius 2 is 2.00 bits per heavy atom. The summed E-state index contributed by atoms with van der Waals surface area (Å²) in [6.45, 7) is 14.2. The van der Waals surface area contributed by atoms with Crippen LogP contribution in [0.3, 0.4) is 0 Å². The highest BCUT2D eigenvalue weighted by Crippen LogP contribution is 2.07. The minimum absolute atomic E-state index is 0. The van der Waals surface area contributed by atoms with E-state index in [9.17, 15) is 4.79 Å². The van der Waals surface area contributed by atoms with Gasteiger partial charge in [-0.1, -0.05) is 19.8 Å². The molecule has 0 bridgehead atoms. The zero-order valence-corrected chi connectivity index (χ0v) is 20.9. The van der Waals surface area contributed by atoms with Gasteiger partial charge in [0.15, 0.2) is 11.8 Å². The molecule has 0 saturated carbocycles. The monoisotopic (exact) mass is 523 g/mol. The summed E-state index contributed by atoms with van der Waals surface area (Å²) in [4.78, 5) is 16.6. The van der Waals surface area contributed by atoms with Crippen molar-refractivity contribution >= 4 is 36.0 Å². The molecule has 1 amide bonds. The van der Waals surface area contributed by atoms with Crippen molar-refractivity contribution in [1.29, 1.82) is 0 Å². The summed E-state index contributed by atoms with van der Waals surface area (Å²) in [5, 5.41) is 17.6. The molecule has 1 aromatic heterocycles. The minimum atomic E-state index is -0.512. The number of carbonyl (C=O) groups is 1. The summed E-state index contributed by atoms with van der Waals surface area (Å²) in [6, 6.07) is 0.0503. The number of nitrogens with zero attached hydrogens (tertiary/aromatic N) is 4. The first kappa shape index (κ1) is 27.4. The van der Waals surface area contributed by atoms with Crippen molar-refractivity contribution in [3.8, 4) is 0 Å². The molecule has 9 nitrogen and oxygen atoms in total. The van der Waals surface area contributed by atoms with Crippen LogP contribution in [-0.2, 0) is 17.8 Å². The summed E-state index contributed by atoms with van der Waals surface area (Å²) in [5.41, 5.74) is -0.512. The highest BCUT2D eigenvalue weighted by Gasteiger charge is 2.18. The summed E-state index contributed by atoms with van der Waals surface area (Å²) in [5.74, 6) is 1.51. The predicted octanol–water partition coefficient (Wildman–Crippen LogP) is 3.05. The third-order valence-electron chi connectivity index (χ3n) is 3.90. The van der Waals surface area contributed by atoms with Crippen LogP contribution in [-0.4, -0.2) is 51.5 Å². The van der Waals surface area contributed by atoms with Crippen molar-refractivity contribution in [2.45, 2.75) is 85.5 Å². The smallest absolute Gasteiger partial charge is 0.407 e. The summed E-state index contributed by atoms with van der Waals surface area (Å²) >= 11 is 0. The summed E-state index contributed by atoms with van der Waals surface area (Å²) in [6.07, 6.45) is 4.35. The molecule has 3 N–H and O–H groups in total. The van der Waals surface area contributed by atoms with E-state index in [1.165, 1.54) is 0 Å². The third kappa shape index (κ3) is 11.9. The lowest BCUT2D eigenvalue weighted by molar-refractivity contribution is 0.0523. The van der Waals surface area contributed by atoms with E-state index in [0.29, 0.717) is 19.0 Å². The van der Waals surface area contributed by atoms with Gasteiger partial charge in [-0.2, -0.15) is 0 Å². The molecule has 0 radical (unpaired) electrons. The number of alkyl carbamates (subject to hydrolysis) is 1. The Kier molecular flexibility index (Phi) is 13.6. The fourth-order valence-corrected chi connectivity index (χ4v) is 2.53. The van der Waals surface area contributed by atoms with Gasteiger partial charge in [0.2, 0.25) is 0 Å². The van der Waals surface area contributed by atoms with Crippen LogP contribution >= 0.6 is 24.0 Å². The number of halogens is 1. The quantitative estimate of drug-likeness (QED) is 0.247. The van der Waals surface area contributed by atoms with Crippen molar-refractivity contribution in [3.05, 3.63) is 12.2 Å². The number of aryl methyl sites for hydroxylation is 1. The number of hydrogen-bond donors (Lipinski definition) is 3. The van der Waals surface area contributed by atoms with Crippen LogP contribution in [0.1, 0.15) is 66.6 Å². The predicted molar refractivity (Wildman–Crippen MR) is 127 cm³/mol. The maximum Gasteiger partial charge on any atom is 0.407 e. The van der Waals surface area contributed by atoms with Gasteiger partial charge in [0.25, 0.3) is 0 Å². The number of amides is 1. The zero-order chi connectivity index (χ0) is 21.0. The van der Waals surface area contributed by atoms with E-state index >= 15 is 0 Å². The highest BCUT2D eigenvalue weighted by molar-refractivity contribution is 14.0. The van der Waals surface area contributed by atoms with Crippen LogP contribution in [0.25, 0.3) is 0 Å². The third-order valence-corrected chi connectivity index (χ3v) is 3.90. The fourth-order valence-electron chi connectivity index (χ4n) is 2.53. The van der Waals surface area contributed by atoms with Crippen molar-refractivity contribution < 1.29 is 9.53 Å². The number of ether oxygens (including phenoxy) is 1. The Balaban J connectivity index is 0.00000784. The molecule has 0 spiro atoms. The zero-order valence-electron chi connectivity index (χ0n) is 18.6. The molecule has 29 heavy (non-hydrogen) atoms. The van der Waals surface area contributed by atoms with Crippen LogP contribution in [0.5, 0.6) is 0 Å². The SMILES string of the molecule is CCCCC(CNC(=O)OC(C)(C)C)NC(=NCc1nncn1CC)NCC.I. The molecule has 168 valence electrons. The Labute approximate surface area is 191 Å². The van der Waals surface area contributed by atoms with Crippen LogP contribution in [0.2, 0.25) is 0 Å². The fraction of sp³-hybridized carbons (Fsp3) is 0.789. The van der Waals surface area contributed by atoms with Gasteiger partial charge in [-0.15, -0.1) is 34.2 Å². The number of guanidine groups is 1. The first-order valence-corrected chi connectivity index (χ1v) is 10.2. The molecule has 1 rings (SSSR count). The first-order valence-electron chi connectivity index (χ1n) is 10.2. The summed E-state index contributed by atoms with van der Waals surface area (Å²) in [7, 11) is 0. The lowest BCUT2D eigenvalue weighted by Crippen LogP contribution is -2.49. The van der Waals surface area contributed by atoms with Crippen molar-refractivity contribution in [2.75, 3.05) is 13.1 Å². The molecule has 0 saturated heterocycles. The molecular weight excluding hydrogens is 485 g/mol. The Bertz CT molecular complexity index is 614. The molecule has 1 aromatic rings. The number of carbonyl (C=O) groups excluding carboxylic acids is 1. The lowest BCUT2D eigenvalue weighted by atomic mass is 10.1. The Hall–Kier alpha value is -1.59. The maximum absolute atomic E-state index is 12.0. The van der Waals surface area contributed by atoms with Gasteiger partial charge in [-0.3, -0.25) is 0 Å². The first-order chi connectivity index (χ1) is 13.3. The van der Waals surface area contributed by atoms with E-state index in [-0.39, 0.29) is 30.0 Å². The average Bonchev–Trinajstić information content (AvgIpc) is 3.08. The molecule has 0 aliphatic heterocycles. The Morgan fingerprint density at radius 3 is 2.59 bits per heavy atom. The second-order valence-electron chi connectivity index (χ2n) is 7.59. The molecule has 0 aliphatic rings. The van der Waals surface area contributed by atoms with Gasteiger partial charge in [0.1, 0.15) is 18.5 Å². The maximum atomic E-state index is 12.0. The standard InChI is InChI=1S/C19H37N7O2.HI/c1-7-10-11-15(12-22-18(27)28-19(4,5)6)24-17(20-8-2)21-13-16-25-23-14-26(16)9-3;/h14-15H,7-13H2,1-6H3,(H,22,27)(H2,20,21,24);1H. The van der Waals surface area contributed by atoms with E-state index < -0.39 is 11.7 Å². The average molecular weight is 523 g/mol. The molecule has 0 aromatic carbocycles. The molecule has 0 fully saturated rings. The van der Waals surface area contributed by atoms with E-state index in [2.05, 4.69) is 38.1 Å². The second kappa shape index (κ2) is 14.4.